The van der Waals surface area contributed by atoms with Crippen LogP contribution in [-0.4, -0.2) is 15.0 Å². The van der Waals surface area contributed by atoms with E-state index in [1.54, 1.807) is 0 Å². The van der Waals surface area contributed by atoms with E-state index >= 15 is 0 Å². The molecule has 0 saturated carbocycles. The standard InChI is InChI=1S/C6H5N3O5/c7-3-1-2-4(10)6(9(13)14)5(3)8(11)12/h1-2,10H,7H2. The van der Waals surface area contributed by atoms with Crippen molar-refractivity contribution in [3.8, 4) is 5.75 Å². The van der Waals surface area contributed by atoms with Gasteiger partial charge in [-0.15, -0.1) is 0 Å². The summed E-state index contributed by atoms with van der Waals surface area (Å²) in [4.78, 5) is 18.7. The topological polar surface area (TPSA) is 133 Å². The number of aromatic hydroxyl groups is 1. The van der Waals surface area contributed by atoms with Crippen LogP contribution < -0.4 is 5.73 Å². The van der Waals surface area contributed by atoms with E-state index in [0.29, 0.717) is 0 Å². The van der Waals surface area contributed by atoms with E-state index in [1.807, 2.05) is 0 Å². The Morgan fingerprint density at radius 2 is 1.64 bits per heavy atom. The summed E-state index contributed by atoms with van der Waals surface area (Å²) in [5, 5.41) is 29.8. The van der Waals surface area contributed by atoms with Gasteiger partial charge in [-0.05, 0) is 12.1 Å². The molecule has 3 N–H and O–H groups in total. The first kappa shape index (κ1) is 9.71. The van der Waals surface area contributed by atoms with Gasteiger partial charge >= 0.3 is 11.4 Å². The zero-order valence-electron chi connectivity index (χ0n) is 6.71. The fourth-order valence-electron chi connectivity index (χ4n) is 0.956. The minimum Gasteiger partial charge on any atom is -0.502 e. The molecule has 8 nitrogen and oxygen atoms in total. The highest BCUT2D eigenvalue weighted by Crippen LogP contribution is 2.39. The average Bonchev–Trinajstić information content (AvgIpc) is 2.07. The molecule has 0 amide bonds. The van der Waals surface area contributed by atoms with Gasteiger partial charge in [-0.25, -0.2) is 0 Å². The van der Waals surface area contributed by atoms with Gasteiger partial charge in [-0.2, -0.15) is 0 Å². The Labute approximate surface area is 76.9 Å². The van der Waals surface area contributed by atoms with Gasteiger partial charge in [-0.1, -0.05) is 0 Å². The Morgan fingerprint density at radius 3 is 2.00 bits per heavy atom. The molecule has 1 aromatic carbocycles. The van der Waals surface area contributed by atoms with Crippen molar-refractivity contribution in [1.82, 2.24) is 0 Å². The van der Waals surface area contributed by atoms with E-state index in [1.165, 1.54) is 0 Å². The molecule has 0 fully saturated rings. The van der Waals surface area contributed by atoms with Crippen molar-refractivity contribution in [2.75, 3.05) is 5.73 Å². The number of nitro benzene ring substituents is 2. The van der Waals surface area contributed by atoms with Crippen LogP contribution in [0.15, 0.2) is 12.1 Å². The highest BCUT2D eigenvalue weighted by Gasteiger charge is 2.31. The number of nitrogen functional groups attached to an aromatic ring is 1. The Balaban J connectivity index is 3.58. The molecule has 0 saturated heterocycles. The van der Waals surface area contributed by atoms with Gasteiger partial charge in [0.2, 0.25) is 5.75 Å². The van der Waals surface area contributed by atoms with E-state index in [2.05, 4.69) is 0 Å². The molecule has 0 aliphatic heterocycles. The first-order chi connectivity index (χ1) is 6.45. The Kier molecular flexibility index (Phi) is 2.19. The lowest BCUT2D eigenvalue weighted by atomic mass is 10.2. The molecular weight excluding hydrogens is 194 g/mol. The highest BCUT2D eigenvalue weighted by molar-refractivity contribution is 5.74. The van der Waals surface area contributed by atoms with Gasteiger partial charge in [0.05, 0.1) is 9.85 Å². The number of rotatable bonds is 2. The van der Waals surface area contributed by atoms with E-state index < -0.39 is 27.0 Å². The molecule has 0 atom stereocenters. The van der Waals surface area contributed by atoms with Gasteiger partial charge in [0.25, 0.3) is 0 Å². The second kappa shape index (κ2) is 3.17. The molecule has 0 radical (unpaired) electrons. The number of phenolic OH excluding ortho intramolecular Hbond substituents is 1. The van der Waals surface area contributed by atoms with Crippen LogP contribution >= 0.6 is 0 Å². The second-order valence-electron chi connectivity index (χ2n) is 2.39. The normalized spacial score (nSPS) is 9.71. The maximum atomic E-state index is 10.4. The van der Waals surface area contributed by atoms with Gasteiger partial charge in [0.15, 0.2) is 0 Å². The van der Waals surface area contributed by atoms with Crippen molar-refractivity contribution in [2.45, 2.75) is 0 Å². The largest absolute Gasteiger partial charge is 0.502 e. The molecular formula is C6H5N3O5. The number of benzene rings is 1. The number of nitro groups is 2. The maximum Gasteiger partial charge on any atom is 0.389 e. The van der Waals surface area contributed by atoms with E-state index in [9.17, 15) is 20.2 Å². The molecule has 8 heteroatoms. The second-order valence-corrected chi connectivity index (χ2v) is 2.39. The van der Waals surface area contributed by atoms with Crippen LogP contribution in [0.2, 0.25) is 0 Å². The first-order valence-corrected chi connectivity index (χ1v) is 3.35. The fourth-order valence-corrected chi connectivity index (χ4v) is 0.956. The smallest absolute Gasteiger partial charge is 0.389 e. The number of nitrogens with zero attached hydrogens (tertiary/aromatic N) is 2. The van der Waals surface area contributed by atoms with Crippen LogP contribution in [0.25, 0.3) is 0 Å². The van der Waals surface area contributed by atoms with E-state index in [4.69, 9.17) is 10.8 Å². The summed E-state index contributed by atoms with van der Waals surface area (Å²) in [6, 6.07) is 1.96. The SMILES string of the molecule is Nc1ccc(O)c([N+](=O)[O-])c1[N+](=O)[O-]. The summed E-state index contributed by atoms with van der Waals surface area (Å²) in [5.74, 6) is -0.782. The number of phenols is 1. The molecule has 0 aliphatic rings. The molecule has 14 heavy (non-hydrogen) atoms. The first-order valence-electron chi connectivity index (χ1n) is 3.35. The fraction of sp³-hybridized carbons (Fsp3) is 0. The molecule has 0 unspecified atom stereocenters. The Hall–Kier alpha value is -2.38. The van der Waals surface area contributed by atoms with E-state index in [-0.39, 0.29) is 5.69 Å². The number of hydrogen-bond donors (Lipinski definition) is 2. The van der Waals surface area contributed by atoms with Gasteiger partial charge in [0.1, 0.15) is 5.69 Å². The van der Waals surface area contributed by atoms with Crippen molar-refractivity contribution in [1.29, 1.82) is 0 Å². The number of anilines is 1. The van der Waals surface area contributed by atoms with Crippen molar-refractivity contribution >= 4 is 17.1 Å². The Morgan fingerprint density at radius 1 is 1.14 bits per heavy atom. The van der Waals surface area contributed by atoms with E-state index in [0.717, 1.165) is 12.1 Å². The van der Waals surface area contributed by atoms with Crippen molar-refractivity contribution in [2.24, 2.45) is 0 Å². The zero-order chi connectivity index (χ0) is 10.9. The zero-order valence-corrected chi connectivity index (χ0v) is 6.71. The lowest BCUT2D eigenvalue weighted by Crippen LogP contribution is -2.00. The minimum absolute atomic E-state index is 0.362. The van der Waals surface area contributed by atoms with Crippen LogP contribution in [0.5, 0.6) is 5.75 Å². The van der Waals surface area contributed by atoms with Crippen LogP contribution in [0.4, 0.5) is 17.1 Å². The number of hydrogen-bond acceptors (Lipinski definition) is 6. The third kappa shape index (κ3) is 1.40. The van der Waals surface area contributed by atoms with Crippen LogP contribution in [0.3, 0.4) is 0 Å². The van der Waals surface area contributed by atoms with Gasteiger partial charge in [-0.3, -0.25) is 20.2 Å². The van der Waals surface area contributed by atoms with Gasteiger partial charge < -0.3 is 10.8 Å². The molecule has 0 aromatic heterocycles. The summed E-state index contributed by atoms with van der Waals surface area (Å²) in [6.45, 7) is 0. The lowest BCUT2D eigenvalue weighted by Gasteiger charge is -1.99. The Bertz CT molecular complexity index is 377. The molecule has 1 aromatic rings. The van der Waals surface area contributed by atoms with Crippen molar-refractivity contribution in [3.63, 3.8) is 0 Å². The summed E-state index contributed by atoms with van der Waals surface area (Å²) in [6.07, 6.45) is 0. The lowest BCUT2D eigenvalue weighted by molar-refractivity contribution is -0.422. The molecule has 0 aliphatic carbocycles. The predicted octanol–water partition coefficient (Wildman–Crippen LogP) is 0.791. The summed E-state index contributed by atoms with van der Waals surface area (Å²) in [7, 11) is 0. The van der Waals surface area contributed by atoms with Crippen LogP contribution in [0, 0.1) is 20.2 Å². The molecule has 74 valence electrons. The monoisotopic (exact) mass is 199 g/mol. The molecule has 0 heterocycles. The summed E-state index contributed by atoms with van der Waals surface area (Å²) < 4.78 is 0. The molecule has 0 bridgehead atoms. The third-order valence-electron chi connectivity index (χ3n) is 1.53. The summed E-state index contributed by atoms with van der Waals surface area (Å²) in [5.41, 5.74) is 2.93. The molecule has 1 rings (SSSR count). The average molecular weight is 199 g/mol. The van der Waals surface area contributed by atoms with Crippen molar-refractivity contribution in [3.05, 3.63) is 32.4 Å². The third-order valence-corrected chi connectivity index (χ3v) is 1.53. The highest BCUT2D eigenvalue weighted by atomic mass is 16.6. The van der Waals surface area contributed by atoms with Gasteiger partial charge in [0, 0.05) is 0 Å². The van der Waals surface area contributed by atoms with Crippen LogP contribution in [0.1, 0.15) is 0 Å². The molecule has 0 spiro atoms. The maximum absolute atomic E-state index is 10.4. The summed E-state index contributed by atoms with van der Waals surface area (Å²) >= 11 is 0. The number of nitrogens with two attached hydrogens (primary N) is 1. The van der Waals surface area contributed by atoms with Crippen LogP contribution in [-0.2, 0) is 0 Å². The predicted molar refractivity (Wildman–Crippen MR) is 45.8 cm³/mol. The van der Waals surface area contributed by atoms with Crippen molar-refractivity contribution < 1.29 is 15.0 Å². The quantitative estimate of drug-likeness (QED) is 0.313. The minimum atomic E-state index is -1.05.